The summed E-state index contributed by atoms with van der Waals surface area (Å²) in [5, 5.41) is 0. The molecular weight excluding hydrogens is 372 g/mol. The first-order valence-corrected chi connectivity index (χ1v) is 9.90. The van der Waals surface area contributed by atoms with E-state index in [1.165, 1.54) is 6.26 Å². The molecule has 0 fully saturated rings. The molecule has 0 spiro atoms. The van der Waals surface area contributed by atoms with Crippen molar-refractivity contribution in [2.24, 2.45) is 5.92 Å². The van der Waals surface area contributed by atoms with Gasteiger partial charge < -0.3 is 9.47 Å². The van der Waals surface area contributed by atoms with Gasteiger partial charge in [0.2, 0.25) is 0 Å². The third-order valence-corrected chi connectivity index (χ3v) is 5.22. The van der Waals surface area contributed by atoms with E-state index in [9.17, 15) is 4.79 Å². The minimum atomic E-state index is -0.339. The fraction of sp³-hybridized carbons (Fsp3) is 0.148. The zero-order chi connectivity index (χ0) is 20.8. The normalized spacial score (nSPS) is 17.9. The summed E-state index contributed by atoms with van der Waals surface area (Å²) in [6.07, 6.45) is 2.10. The molecule has 0 bridgehead atoms. The summed E-state index contributed by atoms with van der Waals surface area (Å²) in [5.41, 5.74) is 3.80. The minimum absolute atomic E-state index is 0.161. The largest absolute Gasteiger partial charge is 0.497 e. The predicted molar refractivity (Wildman–Crippen MR) is 117 cm³/mol. The highest BCUT2D eigenvalue weighted by molar-refractivity contribution is 5.78. The molecule has 2 atom stereocenters. The number of ether oxygens (including phenoxy) is 2. The van der Waals surface area contributed by atoms with E-state index in [1.54, 1.807) is 7.11 Å². The van der Waals surface area contributed by atoms with E-state index in [-0.39, 0.29) is 17.8 Å². The monoisotopic (exact) mass is 394 g/mol. The average Bonchev–Trinajstić information content (AvgIpc) is 2.81. The van der Waals surface area contributed by atoms with Crippen molar-refractivity contribution >= 4 is 5.97 Å². The van der Waals surface area contributed by atoms with E-state index >= 15 is 0 Å². The van der Waals surface area contributed by atoms with Crippen molar-refractivity contribution < 1.29 is 14.3 Å². The number of hydrogen-bond donors (Lipinski definition) is 0. The van der Waals surface area contributed by atoms with Crippen LogP contribution >= 0.6 is 0 Å². The van der Waals surface area contributed by atoms with Crippen LogP contribution in [0.25, 0.3) is 0 Å². The lowest BCUT2D eigenvalue weighted by molar-refractivity contribution is -0.144. The molecule has 3 nitrogen and oxygen atoms in total. The third-order valence-electron chi connectivity index (χ3n) is 5.22. The number of hydrogen-bond acceptors (Lipinski definition) is 3. The van der Waals surface area contributed by atoms with Crippen LogP contribution in [0.2, 0.25) is 0 Å². The van der Waals surface area contributed by atoms with Crippen LogP contribution in [0.1, 0.15) is 22.6 Å². The number of rotatable bonds is 4. The van der Waals surface area contributed by atoms with Crippen LogP contribution in [0.15, 0.2) is 96.8 Å². The first kappa shape index (κ1) is 19.5. The van der Waals surface area contributed by atoms with Gasteiger partial charge in [-0.2, -0.15) is 0 Å². The summed E-state index contributed by atoms with van der Waals surface area (Å²) in [5.74, 6) is 6.49. The molecule has 0 saturated heterocycles. The molecule has 0 aromatic heterocycles. The van der Waals surface area contributed by atoms with Gasteiger partial charge in [0.05, 0.1) is 13.0 Å². The molecule has 1 aliphatic heterocycles. The number of benzene rings is 3. The number of cyclic esters (lactones) is 1. The van der Waals surface area contributed by atoms with Gasteiger partial charge >= 0.3 is 5.97 Å². The lowest BCUT2D eigenvalue weighted by Crippen LogP contribution is -2.30. The molecule has 0 N–H and O–H groups in total. The zero-order valence-corrected chi connectivity index (χ0v) is 16.7. The summed E-state index contributed by atoms with van der Waals surface area (Å²) in [6.45, 7) is 0. The Morgan fingerprint density at radius 2 is 1.63 bits per heavy atom. The van der Waals surface area contributed by atoms with Crippen molar-refractivity contribution in [2.45, 2.75) is 12.3 Å². The Morgan fingerprint density at radius 3 is 2.37 bits per heavy atom. The number of esters is 1. The molecule has 4 rings (SSSR count). The van der Waals surface area contributed by atoms with Gasteiger partial charge in [0.15, 0.2) is 0 Å². The van der Waals surface area contributed by atoms with Crippen molar-refractivity contribution in [3.8, 4) is 17.6 Å². The van der Waals surface area contributed by atoms with Gasteiger partial charge in [-0.05, 0) is 35.7 Å². The zero-order valence-electron chi connectivity index (χ0n) is 16.7. The maximum absolute atomic E-state index is 12.8. The number of carbonyl (C=O) groups excluding carboxylic acids is 1. The Bertz CT molecular complexity index is 1100. The second-order valence-electron chi connectivity index (χ2n) is 7.18. The number of methoxy groups -OCH3 is 1. The highest BCUT2D eigenvalue weighted by Crippen LogP contribution is 2.38. The highest BCUT2D eigenvalue weighted by Gasteiger charge is 2.36. The first-order valence-electron chi connectivity index (χ1n) is 9.90. The van der Waals surface area contributed by atoms with Crippen LogP contribution in [-0.4, -0.2) is 13.1 Å². The van der Waals surface area contributed by atoms with E-state index in [1.807, 2.05) is 84.9 Å². The lowest BCUT2D eigenvalue weighted by Gasteiger charge is -2.29. The van der Waals surface area contributed by atoms with Gasteiger partial charge in [-0.3, -0.25) is 4.79 Å². The van der Waals surface area contributed by atoms with Crippen molar-refractivity contribution in [2.75, 3.05) is 7.11 Å². The highest BCUT2D eigenvalue weighted by atomic mass is 16.5. The van der Waals surface area contributed by atoms with Gasteiger partial charge in [-0.15, -0.1) is 0 Å². The summed E-state index contributed by atoms with van der Waals surface area (Å²) >= 11 is 0. The van der Waals surface area contributed by atoms with Crippen LogP contribution in [0, 0.1) is 17.8 Å². The van der Waals surface area contributed by atoms with Crippen LogP contribution in [0.4, 0.5) is 0 Å². The van der Waals surface area contributed by atoms with Crippen molar-refractivity contribution in [1.82, 2.24) is 0 Å². The summed E-state index contributed by atoms with van der Waals surface area (Å²) in [7, 11) is 1.63. The quantitative estimate of drug-likeness (QED) is 0.455. The fourth-order valence-corrected chi connectivity index (χ4v) is 3.73. The minimum Gasteiger partial charge on any atom is -0.497 e. The summed E-state index contributed by atoms with van der Waals surface area (Å²) < 4.78 is 10.7. The summed E-state index contributed by atoms with van der Waals surface area (Å²) in [4.78, 5) is 12.8. The van der Waals surface area contributed by atoms with Crippen LogP contribution in [0.3, 0.4) is 0 Å². The number of carbonyl (C=O) groups is 1. The van der Waals surface area contributed by atoms with Gasteiger partial charge in [0.1, 0.15) is 12.0 Å². The SMILES string of the molecule is COc1cccc(C#CC2=COC(=O)[C@@H](Cc3ccccc3)[C@@H]2c2ccccc2)c1. The fourth-order valence-electron chi connectivity index (χ4n) is 3.73. The third kappa shape index (κ3) is 4.45. The summed E-state index contributed by atoms with van der Waals surface area (Å²) in [6, 6.07) is 27.7. The maximum atomic E-state index is 12.8. The second-order valence-corrected chi connectivity index (χ2v) is 7.18. The Kier molecular flexibility index (Phi) is 5.96. The van der Waals surface area contributed by atoms with Crippen LogP contribution in [-0.2, 0) is 16.0 Å². The molecule has 3 aromatic rings. The molecular formula is C27H22O3. The molecule has 0 amide bonds. The predicted octanol–water partition coefficient (Wildman–Crippen LogP) is 5.13. The molecule has 3 aromatic carbocycles. The van der Waals surface area contributed by atoms with Crippen LogP contribution in [0.5, 0.6) is 5.75 Å². The molecule has 1 heterocycles. The standard InChI is InChI=1S/C27H22O3/c1-29-24-14-8-11-21(17-24)15-16-23-19-30-27(28)25(18-20-9-4-2-5-10-20)26(23)22-12-6-3-7-13-22/h2-14,17,19,25-26H,18H2,1H3/t25-,26+/m0/s1. The van der Waals surface area contributed by atoms with E-state index < -0.39 is 0 Å². The Balaban J connectivity index is 1.71. The smallest absolute Gasteiger partial charge is 0.315 e. The van der Waals surface area contributed by atoms with Gasteiger partial charge in [0.25, 0.3) is 0 Å². The van der Waals surface area contributed by atoms with Gasteiger partial charge in [0, 0.05) is 17.1 Å². The first-order chi connectivity index (χ1) is 14.7. The Morgan fingerprint density at radius 1 is 0.900 bits per heavy atom. The average molecular weight is 394 g/mol. The van der Waals surface area contributed by atoms with E-state index in [2.05, 4.69) is 11.8 Å². The molecule has 1 aliphatic rings. The van der Waals surface area contributed by atoms with E-state index in [0.29, 0.717) is 6.42 Å². The second kappa shape index (κ2) is 9.15. The Labute approximate surface area is 177 Å². The van der Waals surface area contributed by atoms with Crippen molar-refractivity contribution in [1.29, 1.82) is 0 Å². The molecule has 148 valence electrons. The van der Waals surface area contributed by atoms with E-state index in [4.69, 9.17) is 9.47 Å². The molecule has 30 heavy (non-hydrogen) atoms. The molecule has 0 saturated carbocycles. The molecule has 0 unspecified atom stereocenters. The van der Waals surface area contributed by atoms with Crippen molar-refractivity contribution in [3.05, 3.63) is 113 Å². The Hall–Kier alpha value is -3.77. The number of allylic oxidation sites excluding steroid dienone is 1. The van der Waals surface area contributed by atoms with Gasteiger partial charge in [-0.1, -0.05) is 78.6 Å². The molecule has 3 heteroatoms. The van der Waals surface area contributed by atoms with Crippen molar-refractivity contribution in [3.63, 3.8) is 0 Å². The molecule has 0 aliphatic carbocycles. The molecule has 0 radical (unpaired) electrons. The van der Waals surface area contributed by atoms with E-state index in [0.717, 1.165) is 28.0 Å². The maximum Gasteiger partial charge on any atom is 0.315 e. The van der Waals surface area contributed by atoms with Gasteiger partial charge in [-0.25, -0.2) is 0 Å². The van der Waals surface area contributed by atoms with Crippen LogP contribution < -0.4 is 4.74 Å². The topological polar surface area (TPSA) is 35.5 Å². The lowest BCUT2D eigenvalue weighted by atomic mass is 9.77.